The number of rotatable bonds is 3. The van der Waals surface area contributed by atoms with Gasteiger partial charge in [-0.05, 0) is 49.4 Å². The Kier molecular flexibility index (Phi) is 3.76. The summed E-state index contributed by atoms with van der Waals surface area (Å²) in [6.07, 6.45) is 0. The molecule has 1 heterocycles. The third-order valence-electron chi connectivity index (χ3n) is 4.00. The molecule has 1 atom stereocenters. The highest BCUT2D eigenvalue weighted by Crippen LogP contribution is 2.28. The van der Waals surface area contributed by atoms with E-state index in [1.165, 1.54) is 11.1 Å². The van der Waals surface area contributed by atoms with E-state index in [2.05, 4.69) is 41.5 Å². The normalized spacial score (nSPS) is 18.1. The maximum Gasteiger partial charge on any atom is 0.159 e. The second kappa shape index (κ2) is 5.70. The molecule has 2 aromatic carbocycles. The predicted octanol–water partition coefficient (Wildman–Crippen LogP) is 3.49. The number of benzene rings is 2. The topological polar surface area (TPSA) is 32.3 Å². The maximum absolute atomic E-state index is 11.3. The molecule has 0 bridgehead atoms. The quantitative estimate of drug-likeness (QED) is 0.874. The Balaban J connectivity index is 1.83. The van der Waals surface area contributed by atoms with Gasteiger partial charge in [0.1, 0.15) is 0 Å². The number of Topliss-reactive ketones (excluding diaryl/α,β-unsaturated/α-hetero) is 1. The summed E-state index contributed by atoms with van der Waals surface area (Å²) in [4.78, 5) is 13.6. The van der Waals surface area contributed by atoms with Crippen molar-refractivity contribution >= 4 is 11.5 Å². The maximum atomic E-state index is 11.3. The highest BCUT2D eigenvalue weighted by molar-refractivity contribution is 5.94. The first-order valence-corrected chi connectivity index (χ1v) is 7.27. The zero-order chi connectivity index (χ0) is 14.8. The van der Waals surface area contributed by atoms with Crippen LogP contribution in [-0.2, 0) is 6.54 Å². The van der Waals surface area contributed by atoms with Gasteiger partial charge >= 0.3 is 0 Å². The van der Waals surface area contributed by atoms with Gasteiger partial charge < -0.3 is 5.32 Å². The third-order valence-corrected chi connectivity index (χ3v) is 4.00. The molecule has 0 radical (unpaired) electrons. The summed E-state index contributed by atoms with van der Waals surface area (Å²) >= 11 is 0. The van der Waals surface area contributed by atoms with Gasteiger partial charge in [0.15, 0.2) is 5.78 Å². The number of carbonyl (C=O) groups excluding carboxylic acids is 1. The summed E-state index contributed by atoms with van der Waals surface area (Å²) in [7, 11) is 2.14. The van der Waals surface area contributed by atoms with Gasteiger partial charge in [0, 0.05) is 24.3 Å². The van der Waals surface area contributed by atoms with Crippen LogP contribution in [-0.4, -0.2) is 24.3 Å². The molecule has 0 saturated heterocycles. The van der Waals surface area contributed by atoms with Gasteiger partial charge in [-0.2, -0.15) is 0 Å². The number of likely N-dealkylation sites (N-methyl/N-ethyl adjacent to an activating group) is 1. The first-order chi connectivity index (χ1) is 10.1. The van der Waals surface area contributed by atoms with Crippen molar-refractivity contribution in [2.24, 2.45) is 0 Å². The largest absolute Gasteiger partial charge is 0.377 e. The average Bonchev–Trinajstić information content (AvgIpc) is 2.47. The highest BCUT2D eigenvalue weighted by atomic mass is 16.1. The van der Waals surface area contributed by atoms with Crippen molar-refractivity contribution in [1.82, 2.24) is 4.90 Å². The summed E-state index contributed by atoms with van der Waals surface area (Å²) < 4.78 is 0. The number of ketones is 1. The number of hydrogen-bond acceptors (Lipinski definition) is 3. The van der Waals surface area contributed by atoms with E-state index >= 15 is 0 Å². The molecule has 2 aromatic rings. The summed E-state index contributed by atoms with van der Waals surface area (Å²) in [5.41, 5.74) is 4.55. The van der Waals surface area contributed by atoms with E-state index in [0.29, 0.717) is 0 Å². The molecule has 0 spiro atoms. The minimum absolute atomic E-state index is 0.101. The lowest BCUT2D eigenvalue weighted by Crippen LogP contribution is -2.33. The van der Waals surface area contributed by atoms with Gasteiger partial charge in [-0.1, -0.05) is 24.3 Å². The smallest absolute Gasteiger partial charge is 0.159 e. The Bertz CT molecular complexity index is 649. The number of fused-ring (bicyclic) bond motifs is 1. The van der Waals surface area contributed by atoms with E-state index in [1.54, 1.807) is 6.92 Å². The Morgan fingerprint density at radius 2 is 1.86 bits per heavy atom. The zero-order valence-electron chi connectivity index (χ0n) is 12.5. The van der Waals surface area contributed by atoms with E-state index < -0.39 is 0 Å². The summed E-state index contributed by atoms with van der Waals surface area (Å²) in [6, 6.07) is 16.6. The molecular formula is C18H20N2O. The fourth-order valence-corrected chi connectivity index (χ4v) is 2.91. The first-order valence-electron chi connectivity index (χ1n) is 7.27. The second-order valence-corrected chi connectivity index (χ2v) is 5.73. The Morgan fingerprint density at radius 3 is 2.57 bits per heavy atom. The second-order valence-electron chi connectivity index (χ2n) is 5.73. The highest BCUT2D eigenvalue weighted by Gasteiger charge is 2.22. The Labute approximate surface area is 125 Å². The number of hydrogen-bond donors (Lipinski definition) is 1. The van der Waals surface area contributed by atoms with Crippen LogP contribution in [0.15, 0.2) is 48.5 Å². The average molecular weight is 280 g/mol. The molecule has 1 unspecified atom stereocenters. The van der Waals surface area contributed by atoms with Crippen molar-refractivity contribution in [1.29, 1.82) is 0 Å². The molecule has 1 aliphatic heterocycles. The lowest BCUT2D eigenvalue weighted by Gasteiger charge is -2.33. The molecule has 0 aliphatic carbocycles. The van der Waals surface area contributed by atoms with E-state index in [4.69, 9.17) is 0 Å². The van der Waals surface area contributed by atoms with Crippen LogP contribution in [0.5, 0.6) is 0 Å². The summed E-state index contributed by atoms with van der Waals surface area (Å²) in [5, 5.41) is 3.58. The first kappa shape index (κ1) is 13.8. The number of carbonyl (C=O) groups is 1. The zero-order valence-corrected chi connectivity index (χ0v) is 12.5. The fraction of sp³-hybridized carbons (Fsp3) is 0.278. The minimum atomic E-state index is 0.101. The van der Waals surface area contributed by atoms with Gasteiger partial charge in [0.25, 0.3) is 0 Å². The standard InChI is InChI=1S/C18H20N2O/c1-13(21)14-7-9-16(10-8-14)19-18-12-20(2)11-15-5-3-4-6-17(15)18/h3-10,18-19H,11-12H2,1-2H3. The van der Waals surface area contributed by atoms with Gasteiger partial charge in [-0.15, -0.1) is 0 Å². The van der Waals surface area contributed by atoms with Crippen LogP contribution in [0.3, 0.4) is 0 Å². The number of anilines is 1. The van der Waals surface area contributed by atoms with E-state index in [9.17, 15) is 4.79 Å². The number of nitrogens with one attached hydrogen (secondary N) is 1. The van der Waals surface area contributed by atoms with Crippen LogP contribution >= 0.6 is 0 Å². The van der Waals surface area contributed by atoms with Gasteiger partial charge in [0.2, 0.25) is 0 Å². The third kappa shape index (κ3) is 2.98. The van der Waals surface area contributed by atoms with Crippen LogP contribution < -0.4 is 5.32 Å². The SMILES string of the molecule is CC(=O)c1ccc(NC2CN(C)Cc3ccccc32)cc1. The van der Waals surface area contributed by atoms with E-state index in [1.807, 2.05) is 24.3 Å². The fourth-order valence-electron chi connectivity index (χ4n) is 2.91. The van der Waals surface area contributed by atoms with Crippen molar-refractivity contribution in [3.8, 4) is 0 Å². The minimum Gasteiger partial charge on any atom is -0.377 e. The molecule has 108 valence electrons. The van der Waals surface area contributed by atoms with Gasteiger partial charge in [-0.3, -0.25) is 9.69 Å². The molecule has 1 N–H and O–H groups in total. The van der Waals surface area contributed by atoms with Gasteiger partial charge in [-0.25, -0.2) is 0 Å². The van der Waals surface area contributed by atoms with Crippen LogP contribution in [0.2, 0.25) is 0 Å². The molecule has 1 aliphatic rings. The van der Waals surface area contributed by atoms with Crippen molar-refractivity contribution in [2.45, 2.75) is 19.5 Å². The Hall–Kier alpha value is -2.13. The number of nitrogens with zero attached hydrogens (tertiary/aromatic N) is 1. The van der Waals surface area contributed by atoms with Crippen molar-refractivity contribution in [3.05, 3.63) is 65.2 Å². The molecule has 0 saturated carbocycles. The molecule has 3 rings (SSSR count). The molecule has 21 heavy (non-hydrogen) atoms. The lowest BCUT2D eigenvalue weighted by molar-refractivity contribution is 0.101. The van der Waals surface area contributed by atoms with Crippen molar-refractivity contribution in [3.63, 3.8) is 0 Å². The monoisotopic (exact) mass is 280 g/mol. The van der Waals surface area contributed by atoms with Crippen molar-refractivity contribution in [2.75, 3.05) is 18.9 Å². The molecule has 0 amide bonds. The predicted molar refractivity (Wildman–Crippen MR) is 85.6 cm³/mol. The molecule has 3 nitrogen and oxygen atoms in total. The van der Waals surface area contributed by atoms with E-state index in [-0.39, 0.29) is 11.8 Å². The van der Waals surface area contributed by atoms with Crippen molar-refractivity contribution < 1.29 is 4.79 Å². The van der Waals surface area contributed by atoms with Crippen LogP contribution in [0.1, 0.15) is 34.5 Å². The molecular weight excluding hydrogens is 260 g/mol. The molecule has 3 heteroatoms. The summed E-state index contributed by atoms with van der Waals surface area (Å²) in [5.74, 6) is 0.101. The van der Waals surface area contributed by atoms with Gasteiger partial charge in [0.05, 0.1) is 6.04 Å². The summed E-state index contributed by atoms with van der Waals surface area (Å²) in [6.45, 7) is 3.57. The van der Waals surface area contributed by atoms with E-state index in [0.717, 1.165) is 24.3 Å². The Morgan fingerprint density at radius 1 is 1.14 bits per heavy atom. The molecule has 0 fully saturated rings. The van der Waals surface area contributed by atoms with Crippen LogP contribution in [0.4, 0.5) is 5.69 Å². The van der Waals surface area contributed by atoms with Crippen LogP contribution in [0.25, 0.3) is 0 Å². The van der Waals surface area contributed by atoms with Crippen LogP contribution in [0, 0.1) is 0 Å². The molecule has 0 aromatic heterocycles. The lowest BCUT2D eigenvalue weighted by atomic mass is 9.95.